The van der Waals surface area contributed by atoms with Gasteiger partial charge in [-0.15, -0.1) is 0 Å². The molecule has 0 aliphatic carbocycles. The maximum atomic E-state index is 11.2. The summed E-state index contributed by atoms with van der Waals surface area (Å²) in [5.74, 6) is -1.21. The van der Waals surface area contributed by atoms with Gasteiger partial charge in [-0.2, -0.15) is 0 Å². The summed E-state index contributed by atoms with van der Waals surface area (Å²) in [7, 11) is 0. The lowest BCUT2D eigenvalue weighted by Crippen LogP contribution is -2.12. The first-order chi connectivity index (χ1) is 6.09. The van der Waals surface area contributed by atoms with Crippen LogP contribution in [0.1, 0.15) is 10.4 Å². The van der Waals surface area contributed by atoms with Crippen LogP contribution in [0.5, 0.6) is 0 Å². The minimum Gasteiger partial charge on any atom is -0.318 e. The van der Waals surface area contributed by atoms with Crippen molar-refractivity contribution in [2.24, 2.45) is 0 Å². The summed E-state index contributed by atoms with van der Waals surface area (Å²) in [4.78, 5) is 22.2. The molecular weight excluding hydrogens is 257 g/mol. The quantitative estimate of drug-likeness (QED) is 0.727. The Labute approximate surface area is 87.2 Å². The number of carbonyl (C=O) groups excluding carboxylic acids is 2. The van der Waals surface area contributed by atoms with E-state index in [0.717, 1.165) is 4.47 Å². The van der Waals surface area contributed by atoms with Crippen LogP contribution >= 0.6 is 27.5 Å². The lowest BCUT2D eigenvalue weighted by Gasteiger charge is -1.99. The Morgan fingerprint density at radius 1 is 1.31 bits per heavy atom. The van der Waals surface area contributed by atoms with Crippen molar-refractivity contribution in [2.75, 3.05) is 5.32 Å². The molecule has 0 radical (unpaired) electrons. The molecule has 0 saturated heterocycles. The van der Waals surface area contributed by atoms with Gasteiger partial charge in [-0.25, -0.2) is 0 Å². The third-order valence-corrected chi connectivity index (χ3v) is 2.49. The number of nitrogens with one attached hydrogen (secondary N) is 1. The first kappa shape index (κ1) is 8.72. The van der Waals surface area contributed by atoms with Gasteiger partial charge < -0.3 is 5.32 Å². The highest BCUT2D eigenvalue weighted by atomic mass is 79.9. The number of carbonyl (C=O) groups is 2. The van der Waals surface area contributed by atoms with E-state index in [1.807, 2.05) is 0 Å². The summed E-state index contributed by atoms with van der Waals surface area (Å²) < 4.78 is 0.728. The van der Waals surface area contributed by atoms with Crippen molar-refractivity contribution < 1.29 is 9.59 Å². The number of benzene rings is 1. The standard InChI is InChI=1S/C8H3BrClNO2/c9-3-1-4(10)6-5(2-3)11-8(13)7(6)12/h1-2H,(H,11,12,13). The van der Waals surface area contributed by atoms with E-state index < -0.39 is 11.7 Å². The van der Waals surface area contributed by atoms with Crippen LogP contribution in [0.2, 0.25) is 5.02 Å². The molecule has 1 aliphatic rings. The van der Waals surface area contributed by atoms with Gasteiger partial charge in [-0.1, -0.05) is 27.5 Å². The van der Waals surface area contributed by atoms with E-state index in [9.17, 15) is 9.59 Å². The molecule has 5 heteroatoms. The topological polar surface area (TPSA) is 46.2 Å². The van der Waals surface area contributed by atoms with Gasteiger partial charge in [0.15, 0.2) is 0 Å². The van der Waals surface area contributed by atoms with Gasteiger partial charge in [0.2, 0.25) is 0 Å². The van der Waals surface area contributed by atoms with E-state index in [1.165, 1.54) is 0 Å². The van der Waals surface area contributed by atoms with Crippen molar-refractivity contribution >= 4 is 44.9 Å². The fourth-order valence-corrected chi connectivity index (χ4v) is 2.09. The summed E-state index contributed by atoms with van der Waals surface area (Å²) >= 11 is 9.00. The van der Waals surface area contributed by atoms with Crippen LogP contribution in [0.25, 0.3) is 0 Å². The smallest absolute Gasteiger partial charge is 0.296 e. The molecule has 1 heterocycles. The molecule has 3 nitrogen and oxygen atoms in total. The number of Topliss-reactive ketones (excluding diaryl/α,β-unsaturated/α-hetero) is 1. The molecule has 0 spiro atoms. The Kier molecular flexibility index (Phi) is 1.89. The fraction of sp³-hybridized carbons (Fsp3) is 0. The number of halogens is 2. The number of fused-ring (bicyclic) bond motifs is 1. The van der Waals surface area contributed by atoms with Crippen LogP contribution in [0, 0.1) is 0 Å². The van der Waals surface area contributed by atoms with Crippen LogP contribution in [-0.4, -0.2) is 11.7 Å². The number of ketones is 1. The molecule has 13 heavy (non-hydrogen) atoms. The average molecular weight is 260 g/mol. The van der Waals surface area contributed by atoms with Crippen LogP contribution in [0.3, 0.4) is 0 Å². The van der Waals surface area contributed by atoms with Gasteiger partial charge in [0.1, 0.15) is 0 Å². The zero-order valence-electron chi connectivity index (χ0n) is 6.23. The third kappa shape index (κ3) is 1.26. The predicted molar refractivity (Wildman–Crippen MR) is 52.1 cm³/mol. The Hall–Kier alpha value is -0.870. The van der Waals surface area contributed by atoms with Gasteiger partial charge in [0.25, 0.3) is 11.7 Å². The Bertz CT molecular complexity index is 430. The second-order valence-electron chi connectivity index (χ2n) is 2.59. The molecule has 0 unspecified atom stereocenters. The molecule has 1 aromatic carbocycles. The molecule has 1 N–H and O–H groups in total. The van der Waals surface area contributed by atoms with E-state index in [4.69, 9.17) is 11.6 Å². The second kappa shape index (κ2) is 2.82. The van der Waals surface area contributed by atoms with Crippen LogP contribution in [0.15, 0.2) is 16.6 Å². The highest BCUT2D eigenvalue weighted by Gasteiger charge is 2.30. The van der Waals surface area contributed by atoms with E-state index in [0.29, 0.717) is 5.69 Å². The SMILES string of the molecule is O=C1Nc2cc(Br)cc(Cl)c2C1=O. The zero-order chi connectivity index (χ0) is 9.59. The van der Waals surface area contributed by atoms with E-state index in [2.05, 4.69) is 21.2 Å². The molecule has 2 rings (SSSR count). The highest BCUT2D eigenvalue weighted by Crippen LogP contribution is 2.33. The molecule has 0 saturated carbocycles. The highest BCUT2D eigenvalue weighted by molar-refractivity contribution is 9.10. The van der Waals surface area contributed by atoms with Gasteiger partial charge in [0, 0.05) is 4.47 Å². The molecular formula is C8H3BrClNO2. The largest absolute Gasteiger partial charge is 0.318 e. The summed E-state index contributed by atoms with van der Waals surface area (Å²) in [6, 6.07) is 3.22. The predicted octanol–water partition coefficient (Wildman–Crippen LogP) is 2.24. The van der Waals surface area contributed by atoms with Crippen LogP contribution in [0.4, 0.5) is 5.69 Å². The number of hydrogen-bond donors (Lipinski definition) is 1. The number of rotatable bonds is 0. The monoisotopic (exact) mass is 259 g/mol. The summed E-state index contributed by atoms with van der Waals surface area (Å²) in [5.41, 5.74) is 0.726. The normalized spacial score (nSPS) is 14.3. The fourth-order valence-electron chi connectivity index (χ4n) is 1.20. The lowest BCUT2D eigenvalue weighted by molar-refractivity contribution is -0.112. The first-order valence-electron chi connectivity index (χ1n) is 3.44. The van der Waals surface area contributed by atoms with Crippen LogP contribution in [-0.2, 0) is 4.79 Å². The van der Waals surface area contributed by atoms with Gasteiger partial charge in [-0.05, 0) is 12.1 Å². The van der Waals surface area contributed by atoms with Gasteiger partial charge >= 0.3 is 0 Å². The van der Waals surface area contributed by atoms with E-state index in [-0.39, 0.29) is 10.6 Å². The molecule has 0 bridgehead atoms. The second-order valence-corrected chi connectivity index (χ2v) is 3.92. The molecule has 1 aliphatic heterocycles. The molecule has 0 aromatic heterocycles. The minimum absolute atomic E-state index is 0.259. The van der Waals surface area contributed by atoms with Crippen molar-refractivity contribution in [3.63, 3.8) is 0 Å². The third-order valence-electron chi connectivity index (χ3n) is 1.74. The van der Waals surface area contributed by atoms with Gasteiger partial charge in [-0.3, -0.25) is 9.59 Å². The van der Waals surface area contributed by atoms with Crippen LogP contribution < -0.4 is 5.32 Å². The molecule has 0 atom stereocenters. The molecule has 66 valence electrons. The maximum absolute atomic E-state index is 11.2. The van der Waals surface area contributed by atoms with E-state index in [1.54, 1.807) is 12.1 Å². The van der Waals surface area contributed by atoms with Crippen molar-refractivity contribution in [1.82, 2.24) is 0 Å². The molecule has 1 aromatic rings. The van der Waals surface area contributed by atoms with Gasteiger partial charge in [0.05, 0.1) is 16.3 Å². The lowest BCUT2D eigenvalue weighted by atomic mass is 10.1. The van der Waals surface area contributed by atoms with Crippen molar-refractivity contribution in [1.29, 1.82) is 0 Å². The summed E-state index contributed by atoms with van der Waals surface area (Å²) in [6.07, 6.45) is 0. The van der Waals surface area contributed by atoms with Crippen molar-refractivity contribution in [3.8, 4) is 0 Å². The molecule has 0 fully saturated rings. The number of amides is 1. The first-order valence-corrected chi connectivity index (χ1v) is 4.61. The zero-order valence-corrected chi connectivity index (χ0v) is 8.57. The van der Waals surface area contributed by atoms with E-state index >= 15 is 0 Å². The Morgan fingerprint density at radius 3 is 2.69 bits per heavy atom. The number of anilines is 1. The summed E-state index contributed by atoms with van der Waals surface area (Å²) in [5, 5.41) is 2.71. The minimum atomic E-state index is -0.630. The number of hydrogen-bond acceptors (Lipinski definition) is 2. The maximum Gasteiger partial charge on any atom is 0.296 e. The Morgan fingerprint density at radius 2 is 2.00 bits per heavy atom. The average Bonchev–Trinajstić information content (AvgIpc) is 2.27. The van der Waals surface area contributed by atoms with Crippen molar-refractivity contribution in [3.05, 3.63) is 27.2 Å². The molecule has 1 amide bonds. The summed E-state index contributed by atoms with van der Waals surface area (Å²) in [6.45, 7) is 0. The van der Waals surface area contributed by atoms with Crippen molar-refractivity contribution in [2.45, 2.75) is 0 Å². The Balaban J connectivity index is 2.71.